The van der Waals surface area contributed by atoms with E-state index in [0.717, 1.165) is 5.56 Å². The van der Waals surface area contributed by atoms with Gasteiger partial charge in [0.1, 0.15) is 5.60 Å². The van der Waals surface area contributed by atoms with Crippen LogP contribution in [0.25, 0.3) is 0 Å². The maximum absolute atomic E-state index is 12.3. The van der Waals surface area contributed by atoms with Gasteiger partial charge in [0.2, 0.25) is 0 Å². The number of alkyl carbamates (subject to hydrolysis) is 1. The van der Waals surface area contributed by atoms with E-state index in [1.165, 1.54) is 0 Å². The highest BCUT2D eigenvalue weighted by Gasteiger charge is 2.22. The van der Waals surface area contributed by atoms with Gasteiger partial charge < -0.3 is 10.1 Å². The van der Waals surface area contributed by atoms with Gasteiger partial charge >= 0.3 is 6.09 Å². The highest BCUT2D eigenvalue weighted by atomic mass is 35.5. The van der Waals surface area contributed by atoms with Crippen LogP contribution in [0, 0.1) is 6.92 Å². The van der Waals surface area contributed by atoms with Crippen LogP contribution in [0.5, 0.6) is 0 Å². The third kappa shape index (κ3) is 4.85. The van der Waals surface area contributed by atoms with Crippen LogP contribution in [0.15, 0.2) is 18.2 Å². The molecule has 0 aliphatic heterocycles. The third-order valence-corrected chi connectivity index (χ3v) is 2.83. The molecule has 0 spiro atoms. The number of benzene rings is 1. The molecule has 0 fully saturated rings. The molecule has 0 heterocycles. The van der Waals surface area contributed by atoms with Gasteiger partial charge in [0.05, 0.1) is 6.04 Å². The number of Topliss-reactive ketones (excluding diaryl/α,β-unsaturated/α-hetero) is 1. The van der Waals surface area contributed by atoms with E-state index in [1.807, 2.05) is 6.92 Å². The molecule has 1 amide bonds. The molecular formula is C15H20ClNO3. The average molecular weight is 298 g/mol. The van der Waals surface area contributed by atoms with Crippen molar-refractivity contribution in [3.05, 3.63) is 34.3 Å². The van der Waals surface area contributed by atoms with E-state index < -0.39 is 17.7 Å². The molecule has 0 aliphatic carbocycles. The Morgan fingerprint density at radius 1 is 1.30 bits per heavy atom. The fourth-order valence-corrected chi connectivity index (χ4v) is 1.81. The van der Waals surface area contributed by atoms with E-state index in [1.54, 1.807) is 45.9 Å². The first kappa shape index (κ1) is 16.5. The maximum Gasteiger partial charge on any atom is 0.408 e. The Labute approximate surface area is 124 Å². The van der Waals surface area contributed by atoms with Crippen molar-refractivity contribution in [2.75, 3.05) is 0 Å². The highest BCUT2D eigenvalue weighted by molar-refractivity contribution is 6.31. The Kier molecular flexibility index (Phi) is 5.17. The number of hydrogen-bond acceptors (Lipinski definition) is 3. The van der Waals surface area contributed by atoms with Crippen molar-refractivity contribution in [1.82, 2.24) is 5.32 Å². The lowest BCUT2D eigenvalue weighted by Crippen LogP contribution is -2.41. The van der Waals surface area contributed by atoms with Gasteiger partial charge in [-0.3, -0.25) is 4.79 Å². The summed E-state index contributed by atoms with van der Waals surface area (Å²) in [6, 6.07) is 4.42. The molecule has 0 saturated carbocycles. The number of carbonyl (C=O) groups excluding carboxylic acids is 2. The minimum absolute atomic E-state index is 0.198. The van der Waals surface area contributed by atoms with Gasteiger partial charge in [-0.25, -0.2) is 4.79 Å². The SMILES string of the molecule is Cc1ccc(Cl)cc1C(=O)C(C)NC(=O)OC(C)(C)C. The average Bonchev–Trinajstić information content (AvgIpc) is 2.28. The van der Waals surface area contributed by atoms with Crippen LogP contribution in [-0.4, -0.2) is 23.5 Å². The predicted octanol–water partition coefficient (Wildman–Crippen LogP) is 3.74. The number of aryl methyl sites for hydroxylation is 1. The lowest BCUT2D eigenvalue weighted by molar-refractivity contribution is 0.0496. The molecule has 1 unspecified atom stereocenters. The second kappa shape index (κ2) is 6.27. The molecule has 1 rings (SSSR count). The lowest BCUT2D eigenvalue weighted by Gasteiger charge is -2.21. The summed E-state index contributed by atoms with van der Waals surface area (Å²) < 4.78 is 5.12. The zero-order chi connectivity index (χ0) is 15.5. The fourth-order valence-electron chi connectivity index (χ4n) is 1.64. The summed E-state index contributed by atoms with van der Waals surface area (Å²) in [6.07, 6.45) is -0.613. The first-order chi connectivity index (χ1) is 9.10. The normalized spacial score (nSPS) is 12.7. The summed E-state index contributed by atoms with van der Waals surface area (Å²) in [5, 5.41) is 3.02. The Morgan fingerprint density at radius 3 is 2.45 bits per heavy atom. The molecule has 4 nitrogen and oxygen atoms in total. The van der Waals surface area contributed by atoms with Crippen molar-refractivity contribution in [3.63, 3.8) is 0 Å². The molecule has 20 heavy (non-hydrogen) atoms. The van der Waals surface area contributed by atoms with Gasteiger partial charge in [-0.15, -0.1) is 0 Å². The monoisotopic (exact) mass is 297 g/mol. The molecule has 110 valence electrons. The van der Waals surface area contributed by atoms with Gasteiger partial charge in [0.25, 0.3) is 0 Å². The molecular weight excluding hydrogens is 278 g/mol. The number of ketones is 1. The summed E-state index contributed by atoms with van der Waals surface area (Å²) in [5.41, 5.74) is 0.719. The van der Waals surface area contributed by atoms with Crippen LogP contribution < -0.4 is 5.32 Å². The molecule has 1 aromatic rings. The van der Waals surface area contributed by atoms with Crippen molar-refractivity contribution in [3.8, 4) is 0 Å². The highest BCUT2D eigenvalue weighted by Crippen LogP contribution is 2.17. The summed E-state index contributed by atoms with van der Waals surface area (Å²) in [5.74, 6) is -0.198. The molecule has 1 N–H and O–H groups in total. The molecule has 0 radical (unpaired) electrons. The number of nitrogens with one attached hydrogen (secondary N) is 1. The van der Waals surface area contributed by atoms with Gasteiger partial charge in [-0.1, -0.05) is 17.7 Å². The minimum atomic E-state index is -0.679. The van der Waals surface area contributed by atoms with E-state index in [2.05, 4.69) is 5.32 Å². The maximum atomic E-state index is 12.3. The standard InChI is InChI=1S/C15H20ClNO3/c1-9-6-7-11(16)8-12(9)13(18)10(2)17-14(19)20-15(3,4)5/h6-8,10H,1-5H3,(H,17,19). The van der Waals surface area contributed by atoms with Crippen molar-refractivity contribution in [2.24, 2.45) is 0 Å². The van der Waals surface area contributed by atoms with Gasteiger partial charge in [0, 0.05) is 10.6 Å². The molecule has 0 aromatic heterocycles. The largest absolute Gasteiger partial charge is 0.444 e. The van der Waals surface area contributed by atoms with E-state index in [9.17, 15) is 9.59 Å². The number of rotatable bonds is 3. The second-order valence-electron chi connectivity index (χ2n) is 5.69. The fraction of sp³-hybridized carbons (Fsp3) is 0.467. The molecule has 0 bridgehead atoms. The van der Waals surface area contributed by atoms with Crippen molar-refractivity contribution in [2.45, 2.75) is 46.3 Å². The van der Waals surface area contributed by atoms with Crippen LogP contribution in [0.1, 0.15) is 43.6 Å². The molecule has 1 atom stereocenters. The Morgan fingerprint density at radius 2 is 1.90 bits per heavy atom. The third-order valence-electron chi connectivity index (χ3n) is 2.59. The first-order valence-corrected chi connectivity index (χ1v) is 6.78. The second-order valence-corrected chi connectivity index (χ2v) is 6.13. The Bertz CT molecular complexity index is 520. The van der Waals surface area contributed by atoms with Crippen LogP contribution in [0.2, 0.25) is 5.02 Å². The smallest absolute Gasteiger partial charge is 0.408 e. The van der Waals surface area contributed by atoms with E-state index in [0.29, 0.717) is 10.6 Å². The van der Waals surface area contributed by atoms with Gasteiger partial charge in [0.15, 0.2) is 5.78 Å². The number of hydrogen-bond donors (Lipinski definition) is 1. The number of ether oxygens (including phenoxy) is 1. The molecule has 0 saturated heterocycles. The van der Waals surface area contributed by atoms with Crippen LogP contribution in [0.4, 0.5) is 4.79 Å². The van der Waals surface area contributed by atoms with E-state index in [4.69, 9.17) is 16.3 Å². The van der Waals surface area contributed by atoms with Crippen molar-refractivity contribution < 1.29 is 14.3 Å². The topological polar surface area (TPSA) is 55.4 Å². The Balaban J connectivity index is 2.77. The molecule has 1 aromatic carbocycles. The summed E-state index contributed by atoms with van der Waals surface area (Å²) in [6.45, 7) is 8.73. The minimum Gasteiger partial charge on any atom is -0.444 e. The summed E-state index contributed by atoms with van der Waals surface area (Å²) >= 11 is 5.89. The zero-order valence-electron chi connectivity index (χ0n) is 12.4. The van der Waals surface area contributed by atoms with E-state index in [-0.39, 0.29) is 5.78 Å². The summed E-state index contributed by atoms with van der Waals surface area (Å²) in [7, 11) is 0. The van der Waals surface area contributed by atoms with E-state index >= 15 is 0 Å². The van der Waals surface area contributed by atoms with Crippen LogP contribution in [0.3, 0.4) is 0 Å². The number of amides is 1. The lowest BCUT2D eigenvalue weighted by atomic mass is 10.0. The van der Waals surface area contributed by atoms with Crippen LogP contribution in [-0.2, 0) is 4.74 Å². The number of carbonyl (C=O) groups is 2. The van der Waals surface area contributed by atoms with Crippen molar-refractivity contribution >= 4 is 23.5 Å². The van der Waals surface area contributed by atoms with Gasteiger partial charge in [-0.05, 0) is 52.3 Å². The van der Waals surface area contributed by atoms with Crippen molar-refractivity contribution in [1.29, 1.82) is 0 Å². The van der Waals surface area contributed by atoms with Crippen LogP contribution >= 0.6 is 11.6 Å². The predicted molar refractivity (Wildman–Crippen MR) is 79.4 cm³/mol. The summed E-state index contributed by atoms with van der Waals surface area (Å²) in [4.78, 5) is 23.9. The molecule has 5 heteroatoms. The number of halogens is 1. The van der Waals surface area contributed by atoms with Gasteiger partial charge in [-0.2, -0.15) is 0 Å². The zero-order valence-corrected chi connectivity index (χ0v) is 13.2. The quantitative estimate of drug-likeness (QED) is 0.865. The first-order valence-electron chi connectivity index (χ1n) is 6.40. The molecule has 0 aliphatic rings. The Hall–Kier alpha value is -1.55.